The minimum atomic E-state index is -0.762. The molecule has 2 fully saturated rings. The van der Waals surface area contributed by atoms with Crippen molar-refractivity contribution in [2.24, 2.45) is 0 Å². The Morgan fingerprint density at radius 1 is 1.47 bits per heavy atom. The number of carbonyl (C=O) groups is 1. The van der Waals surface area contributed by atoms with E-state index < -0.39 is 5.60 Å². The highest BCUT2D eigenvalue weighted by atomic mass is 16.5. The topological polar surface area (TPSA) is 61.8 Å². The van der Waals surface area contributed by atoms with Gasteiger partial charge in [0.1, 0.15) is 0 Å². The summed E-state index contributed by atoms with van der Waals surface area (Å²) in [6, 6.07) is 0.540. The number of likely N-dealkylation sites (N-methyl/N-ethyl adjacent to an activating group) is 1. The zero-order chi connectivity index (χ0) is 12.3. The Balaban J connectivity index is 1.73. The molecule has 2 N–H and O–H groups in total. The number of nitrogens with zero attached hydrogens (tertiary/aromatic N) is 1. The molecule has 17 heavy (non-hydrogen) atoms. The lowest BCUT2D eigenvalue weighted by Gasteiger charge is -2.35. The molecule has 1 heterocycles. The molecule has 0 radical (unpaired) electrons. The molecule has 0 aromatic rings. The Morgan fingerprint density at radius 2 is 2.12 bits per heavy atom. The Morgan fingerprint density at radius 3 is 2.71 bits per heavy atom. The van der Waals surface area contributed by atoms with E-state index in [1.54, 1.807) is 11.9 Å². The van der Waals surface area contributed by atoms with Gasteiger partial charge >= 0.3 is 0 Å². The van der Waals surface area contributed by atoms with Gasteiger partial charge in [-0.3, -0.25) is 4.79 Å². The first kappa shape index (κ1) is 12.8. The molecule has 98 valence electrons. The smallest absolute Gasteiger partial charge is 0.236 e. The molecule has 1 saturated carbocycles. The molecule has 0 unspecified atom stereocenters. The lowest BCUT2D eigenvalue weighted by Crippen LogP contribution is -2.49. The summed E-state index contributed by atoms with van der Waals surface area (Å²) in [5.41, 5.74) is -0.762. The summed E-state index contributed by atoms with van der Waals surface area (Å²) in [4.78, 5) is 13.4. The fourth-order valence-corrected chi connectivity index (χ4v) is 2.09. The fraction of sp³-hybridized carbons (Fsp3) is 0.917. The van der Waals surface area contributed by atoms with Crippen LogP contribution >= 0.6 is 0 Å². The molecule has 1 amide bonds. The van der Waals surface area contributed by atoms with E-state index in [0.717, 1.165) is 0 Å². The number of nitrogens with one attached hydrogen (secondary N) is 1. The monoisotopic (exact) mass is 242 g/mol. The number of hydrogen-bond acceptors (Lipinski definition) is 4. The Bertz CT molecular complexity index is 273. The van der Waals surface area contributed by atoms with Gasteiger partial charge in [-0.2, -0.15) is 0 Å². The third-order valence-electron chi connectivity index (χ3n) is 3.50. The summed E-state index contributed by atoms with van der Waals surface area (Å²) >= 11 is 0. The third-order valence-corrected chi connectivity index (χ3v) is 3.50. The van der Waals surface area contributed by atoms with Gasteiger partial charge in [-0.1, -0.05) is 0 Å². The van der Waals surface area contributed by atoms with E-state index in [1.807, 2.05) is 0 Å². The van der Waals surface area contributed by atoms with E-state index in [9.17, 15) is 9.90 Å². The largest absolute Gasteiger partial charge is 0.388 e. The molecule has 0 aromatic heterocycles. The molecule has 1 aliphatic heterocycles. The quantitative estimate of drug-likeness (QED) is 0.697. The lowest BCUT2D eigenvalue weighted by molar-refractivity contribution is -0.135. The van der Waals surface area contributed by atoms with Crippen molar-refractivity contribution in [1.82, 2.24) is 10.2 Å². The summed E-state index contributed by atoms with van der Waals surface area (Å²) in [7, 11) is 1.75. The molecule has 0 atom stereocenters. The van der Waals surface area contributed by atoms with Gasteiger partial charge in [0.15, 0.2) is 0 Å². The number of aliphatic hydroxyl groups is 1. The van der Waals surface area contributed by atoms with Crippen LogP contribution in [0.4, 0.5) is 0 Å². The van der Waals surface area contributed by atoms with Crippen LogP contribution in [0.15, 0.2) is 0 Å². The SMILES string of the molecule is CN(CC1(O)CCOCC1)C(=O)CNC1CC1. The van der Waals surface area contributed by atoms with Crippen LogP contribution in [0.3, 0.4) is 0 Å². The van der Waals surface area contributed by atoms with Gasteiger partial charge in [0.2, 0.25) is 5.91 Å². The third kappa shape index (κ3) is 3.94. The maximum atomic E-state index is 11.8. The van der Waals surface area contributed by atoms with E-state index in [2.05, 4.69) is 5.32 Å². The van der Waals surface area contributed by atoms with E-state index >= 15 is 0 Å². The van der Waals surface area contributed by atoms with Crippen molar-refractivity contribution < 1.29 is 14.6 Å². The molecule has 5 heteroatoms. The molecule has 0 spiro atoms. The predicted octanol–water partition coefficient (Wildman–Crippen LogP) is -0.262. The molecule has 2 rings (SSSR count). The van der Waals surface area contributed by atoms with Crippen LogP contribution in [0.1, 0.15) is 25.7 Å². The van der Waals surface area contributed by atoms with Crippen molar-refractivity contribution in [3.63, 3.8) is 0 Å². The summed E-state index contributed by atoms with van der Waals surface area (Å²) < 4.78 is 5.22. The van der Waals surface area contributed by atoms with Gasteiger partial charge in [-0.15, -0.1) is 0 Å². The molecular weight excluding hydrogens is 220 g/mol. The maximum absolute atomic E-state index is 11.8. The number of rotatable bonds is 5. The van der Waals surface area contributed by atoms with E-state index in [1.165, 1.54) is 12.8 Å². The summed E-state index contributed by atoms with van der Waals surface area (Å²) in [5, 5.41) is 13.5. The summed E-state index contributed by atoms with van der Waals surface area (Å²) in [5.74, 6) is 0.0526. The Labute approximate surface area is 102 Å². The van der Waals surface area contributed by atoms with Crippen LogP contribution < -0.4 is 5.32 Å². The molecular formula is C12H22N2O3. The summed E-state index contributed by atoms with van der Waals surface area (Å²) in [6.45, 7) is 1.95. The van der Waals surface area contributed by atoms with Crippen molar-refractivity contribution in [1.29, 1.82) is 0 Å². The molecule has 2 aliphatic rings. The highest BCUT2D eigenvalue weighted by Crippen LogP contribution is 2.21. The van der Waals surface area contributed by atoms with Gasteiger partial charge in [-0.05, 0) is 12.8 Å². The van der Waals surface area contributed by atoms with Crippen molar-refractivity contribution in [3.8, 4) is 0 Å². The van der Waals surface area contributed by atoms with Crippen LogP contribution in [0.5, 0.6) is 0 Å². The Hall–Kier alpha value is -0.650. The number of ether oxygens (including phenoxy) is 1. The van der Waals surface area contributed by atoms with E-state index in [0.29, 0.717) is 45.2 Å². The first-order valence-corrected chi connectivity index (χ1v) is 6.37. The van der Waals surface area contributed by atoms with Crippen LogP contribution in [0, 0.1) is 0 Å². The lowest BCUT2D eigenvalue weighted by atomic mass is 9.94. The molecule has 5 nitrogen and oxygen atoms in total. The van der Waals surface area contributed by atoms with Gasteiger partial charge in [0, 0.05) is 45.7 Å². The number of hydrogen-bond donors (Lipinski definition) is 2. The standard InChI is InChI=1S/C12H22N2O3/c1-14(11(15)8-13-10-2-3-10)9-12(16)4-6-17-7-5-12/h10,13,16H,2-9H2,1H3. The average Bonchev–Trinajstić information content (AvgIpc) is 3.10. The maximum Gasteiger partial charge on any atom is 0.236 e. The number of amides is 1. The highest BCUT2D eigenvalue weighted by molar-refractivity contribution is 5.78. The van der Waals surface area contributed by atoms with Crippen LogP contribution in [-0.4, -0.2) is 60.9 Å². The first-order chi connectivity index (χ1) is 8.09. The van der Waals surface area contributed by atoms with Gasteiger partial charge in [0.05, 0.1) is 12.1 Å². The average molecular weight is 242 g/mol. The molecule has 0 bridgehead atoms. The second-order valence-electron chi connectivity index (χ2n) is 5.24. The zero-order valence-electron chi connectivity index (χ0n) is 10.4. The van der Waals surface area contributed by atoms with Crippen LogP contribution in [0.25, 0.3) is 0 Å². The normalized spacial score (nSPS) is 23.4. The van der Waals surface area contributed by atoms with Crippen molar-refractivity contribution in [2.75, 3.05) is 33.4 Å². The van der Waals surface area contributed by atoms with Gasteiger partial charge < -0.3 is 20.1 Å². The van der Waals surface area contributed by atoms with Crippen LogP contribution in [-0.2, 0) is 9.53 Å². The second kappa shape index (κ2) is 5.33. The minimum Gasteiger partial charge on any atom is -0.388 e. The number of carbonyl (C=O) groups excluding carboxylic acids is 1. The molecule has 0 aromatic carbocycles. The molecule has 1 saturated heterocycles. The molecule has 1 aliphatic carbocycles. The second-order valence-corrected chi connectivity index (χ2v) is 5.24. The highest BCUT2D eigenvalue weighted by Gasteiger charge is 2.32. The van der Waals surface area contributed by atoms with Crippen molar-refractivity contribution in [3.05, 3.63) is 0 Å². The zero-order valence-corrected chi connectivity index (χ0v) is 10.4. The fourth-order valence-electron chi connectivity index (χ4n) is 2.09. The van der Waals surface area contributed by atoms with Crippen LogP contribution in [0.2, 0.25) is 0 Å². The van der Waals surface area contributed by atoms with Crippen molar-refractivity contribution in [2.45, 2.75) is 37.3 Å². The van der Waals surface area contributed by atoms with E-state index in [4.69, 9.17) is 4.74 Å². The first-order valence-electron chi connectivity index (χ1n) is 6.37. The predicted molar refractivity (Wildman–Crippen MR) is 63.7 cm³/mol. The van der Waals surface area contributed by atoms with E-state index in [-0.39, 0.29) is 5.91 Å². The Kier molecular flexibility index (Phi) is 4.01. The summed E-state index contributed by atoms with van der Waals surface area (Å²) in [6.07, 6.45) is 3.58. The van der Waals surface area contributed by atoms with Crippen molar-refractivity contribution >= 4 is 5.91 Å². The van der Waals surface area contributed by atoms with Gasteiger partial charge in [0.25, 0.3) is 0 Å². The minimum absolute atomic E-state index is 0.0526. The van der Waals surface area contributed by atoms with Gasteiger partial charge in [-0.25, -0.2) is 0 Å².